The number of fused-ring (bicyclic) bond motifs is 3. The number of ether oxygens (including phenoxy) is 2. The van der Waals surface area contributed by atoms with Gasteiger partial charge in [-0.15, -0.1) is 0 Å². The fraction of sp³-hybridized carbons (Fsp3) is 0.206. The van der Waals surface area contributed by atoms with Gasteiger partial charge in [-0.2, -0.15) is 0 Å². The largest absolute Gasteiger partial charge is 0.493 e. The van der Waals surface area contributed by atoms with E-state index in [2.05, 4.69) is 126 Å². The predicted molar refractivity (Wildman–Crippen MR) is 168 cm³/mol. The highest BCUT2D eigenvalue weighted by Gasteiger charge is 2.37. The van der Waals surface area contributed by atoms with Crippen LogP contribution in [0.4, 0.5) is 11.4 Å². The van der Waals surface area contributed by atoms with Crippen molar-refractivity contribution in [2.24, 2.45) is 10.9 Å². The SMILES string of the molecule is COc1cc(C=Nc2ccc([C@@H]3Nc4ccccc4[C@@H]4C=CC[C@@H]43)cc2)cc(I)c1OCc1ccc(C)cc1. The fourth-order valence-corrected chi connectivity index (χ4v) is 6.37. The number of anilines is 1. The molecule has 4 nitrogen and oxygen atoms in total. The van der Waals surface area contributed by atoms with Crippen molar-refractivity contribution in [2.75, 3.05) is 12.4 Å². The number of methoxy groups -OCH3 is 1. The molecular weight excluding hydrogens is 595 g/mol. The number of para-hydroxylation sites is 1. The van der Waals surface area contributed by atoms with E-state index in [4.69, 9.17) is 14.5 Å². The van der Waals surface area contributed by atoms with Crippen LogP contribution in [-0.4, -0.2) is 13.3 Å². The van der Waals surface area contributed by atoms with E-state index in [0.717, 1.165) is 32.6 Å². The molecular formula is C34H31IN2O2. The zero-order chi connectivity index (χ0) is 26.8. The van der Waals surface area contributed by atoms with Gasteiger partial charge in [-0.25, -0.2) is 0 Å². The van der Waals surface area contributed by atoms with Crippen molar-refractivity contribution in [3.63, 3.8) is 0 Å². The average Bonchev–Trinajstić information content (AvgIpc) is 3.46. The zero-order valence-electron chi connectivity index (χ0n) is 22.1. The van der Waals surface area contributed by atoms with Crippen molar-refractivity contribution in [2.45, 2.75) is 31.9 Å². The maximum atomic E-state index is 6.14. The van der Waals surface area contributed by atoms with Gasteiger partial charge in [-0.3, -0.25) is 4.99 Å². The van der Waals surface area contributed by atoms with E-state index in [-0.39, 0.29) is 6.04 Å². The molecule has 0 fully saturated rings. The molecule has 0 amide bonds. The zero-order valence-corrected chi connectivity index (χ0v) is 24.3. The first-order valence-corrected chi connectivity index (χ1v) is 14.4. The minimum Gasteiger partial charge on any atom is -0.493 e. The third-order valence-electron chi connectivity index (χ3n) is 7.64. The van der Waals surface area contributed by atoms with Crippen LogP contribution in [0.25, 0.3) is 0 Å². The second kappa shape index (κ2) is 11.3. The minimum atomic E-state index is 0.288. The van der Waals surface area contributed by atoms with Crippen LogP contribution in [-0.2, 0) is 6.61 Å². The molecule has 0 spiro atoms. The number of allylic oxidation sites excluding steroid dienone is 2. The Morgan fingerprint density at radius 3 is 2.59 bits per heavy atom. The van der Waals surface area contributed by atoms with E-state index in [1.54, 1.807) is 7.11 Å². The number of nitrogens with one attached hydrogen (secondary N) is 1. The van der Waals surface area contributed by atoms with Crippen molar-refractivity contribution in [3.8, 4) is 11.5 Å². The molecule has 1 aliphatic carbocycles. The summed E-state index contributed by atoms with van der Waals surface area (Å²) in [6, 6.07) is 30.0. The van der Waals surface area contributed by atoms with Crippen LogP contribution in [0.3, 0.4) is 0 Å². The molecule has 4 aromatic rings. The number of hydrogen-bond donors (Lipinski definition) is 1. The van der Waals surface area contributed by atoms with Crippen molar-refractivity contribution in [1.82, 2.24) is 0 Å². The van der Waals surface area contributed by atoms with Gasteiger partial charge in [0.15, 0.2) is 11.5 Å². The van der Waals surface area contributed by atoms with Gasteiger partial charge in [0.05, 0.1) is 22.4 Å². The summed E-state index contributed by atoms with van der Waals surface area (Å²) in [6.45, 7) is 2.58. The van der Waals surface area contributed by atoms with Gasteiger partial charge >= 0.3 is 0 Å². The second-order valence-electron chi connectivity index (χ2n) is 10.2. The molecule has 0 saturated carbocycles. The number of benzene rings is 4. The maximum absolute atomic E-state index is 6.14. The Hall–Kier alpha value is -3.58. The summed E-state index contributed by atoms with van der Waals surface area (Å²) >= 11 is 2.30. The van der Waals surface area contributed by atoms with Crippen molar-refractivity contribution in [3.05, 3.63) is 128 Å². The Bertz CT molecular complexity index is 1530. The number of hydrogen-bond acceptors (Lipinski definition) is 4. The highest BCUT2D eigenvalue weighted by atomic mass is 127. The monoisotopic (exact) mass is 626 g/mol. The maximum Gasteiger partial charge on any atom is 0.174 e. The third-order valence-corrected chi connectivity index (χ3v) is 8.44. The number of rotatable bonds is 7. The fourth-order valence-electron chi connectivity index (χ4n) is 5.58. The molecule has 3 atom stereocenters. The molecule has 5 heteroatoms. The lowest BCUT2D eigenvalue weighted by atomic mass is 9.77. The molecule has 0 aromatic heterocycles. The molecule has 1 heterocycles. The molecule has 1 N–H and O–H groups in total. The smallest absolute Gasteiger partial charge is 0.174 e. The van der Waals surface area contributed by atoms with Crippen LogP contribution in [0.15, 0.2) is 102 Å². The molecule has 1 aliphatic heterocycles. The van der Waals surface area contributed by atoms with Crippen LogP contribution in [0.5, 0.6) is 11.5 Å². The molecule has 39 heavy (non-hydrogen) atoms. The lowest BCUT2D eigenvalue weighted by Crippen LogP contribution is -2.28. The molecule has 0 bridgehead atoms. The number of aryl methyl sites for hydroxylation is 1. The van der Waals surface area contributed by atoms with Crippen LogP contribution < -0.4 is 14.8 Å². The van der Waals surface area contributed by atoms with Crippen LogP contribution >= 0.6 is 22.6 Å². The summed E-state index contributed by atoms with van der Waals surface area (Å²) in [4.78, 5) is 4.76. The van der Waals surface area contributed by atoms with E-state index >= 15 is 0 Å². The Morgan fingerprint density at radius 1 is 1.00 bits per heavy atom. The number of nitrogens with zero attached hydrogens (tertiary/aromatic N) is 1. The van der Waals surface area contributed by atoms with E-state index in [1.807, 2.05) is 12.3 Å². The molecule has 0 unspecified atom stereocenters. The van der Waals surface area contributed by atoms with Crippen molar-refractivity contribution < 1.29 is 9.47 Å². The second-order valence-corrected chi connectivity index (χ2v) is 11.4. The van der Waals surface area contributed by atoms with Gasteiger partial charge in [-0.1, -0.05) is 72.3 Å². The average molecular weight is 627 g/mol. The van der Waals surface area contributed by atoms with E-state index in [0.29, 0.717) is 24.2 Å². The molecule has 6 rings (SSSR count). The summed E-state index contributed by atoms with van der Waals surface area (Å²) in [5.74, 6) is 2.47. The lowest BCUT2D eigenvalue weighted by molar-refractivity contribution is 0.282. The number of aliphatic imine (C=N–C) groups is 1. The number of halogens is 1. The highest BCUT2D eigenvalue weighted by molar-refractivity contribution is 14.1. The Labute approximate surface area is 243 Å². The Morgan fingerprint density at radius 2 is 1.79 bits per heavy atom. The highest BCUT2D eigenvalue weighted by Crippen LogP contribution is 2.49. The summed E-state index contributed by atoms with van der Waals surface area (Å²) in [5.41, 5.74) is 8.20. The van der Waals surface area contributed by atoms with Gasteiger partial charge in [-0.05, 0) is 94.4 Å². The predicted octanol–water partition coefficient (Wildman–Crippen LogP) is 8.76. The topological polar surface area (TPSA) is 42.8 Å². The van der Waals surface area contributed by atoms with Gasteiger partial charge in [0.25, 0.3) is 0 Å². The summed E-state index contributed by atoms with van der Waals surface area (Å²) in [6.07, 6.45) is 7.70. The van der Waals surface area contributed by atoms with E-state index in [1.165, 1.54) is 22.4 Å². The Kier molecular flexibility index (Phi) is 7.42. The minimum absolute atomic E-state index is 0.288. The van der Waals surface area contributed by atoms with E-state index < -0.39 is 0 Å². The first kappa shape index (κ1) is 25.7. The van der Waals surface area contributed by atoms with Crippen molar-refractivity contribution >= 4 is 40.2 Å². The standard InChI is InChI=1S/C34H31IN2O2/c1-22-10-12-23(13-11-22)21-39-34-30(35)18-24(19-32(34)38-2)20-36-26-16-14-25(15-17-26)33-29-8-5-7-27(29)28-6-3-4-9-31(28)37-33/h3-7,9-20,27,29,33,37H,8,21H2,1-2H3/t27-,29-,33-/m0/s1. The van der Waals surface area contributed by atoms with E-state index in [9.17, 15) is 0 Å². The normalized spacial score (nSPS) is 19.4. The first-order valence-electron chi connectivity index (χ1n) is 13.3. The summed E-state index contributed by atoms with van der Waals surface area (Å²) < 4.78 is 12.8. The quantitative estimate of drug-likeness (QED) is 0.127. The third kappa shape index (κ3) is 5.46. The Balaban J connectivity index is 1.16. The summed E-state index contributed by atoms with van der Waals surface area (Å²) in [5, 5.41) is 3.80. The van der Waals surface area contributed by atoms with Gasteiger partial charge in [0, 0.05) is 17.8 Å². The van der Waals surface area contributed by atoms with Crippen LogP contribution in [0.2, 0.25) is 0 Å². The molecule has 0 radical (unpaired) electrons. The van der Waals surface area contributed by atoms with Gasteiger partial charge in [0.1, 0.15) is 6.61 Å². The van der Waals surface area contributed by atoms with Crippen LogP contribution in [0, 0.1) is 16.4 Å². The molecule has 2 aliphatic rings. The van der Waals surface area contributed by atoms with Gasteiger partial charge in [0.2, 0.25) is 0 Å². The molecule has 196 valence electrons. The van der Waals surface area contributed by atoms with Crippen molar-refractivity contribution in [1.29, 1.82) is 0 Å². The van der Waals surface area contributed by atoms with Crippen LogP contribution in [0.1, 0.15) is 46.2 Å². The lowest BCUT2D eigenvalue weighted by Gasteiger charge is -2.37. The first-order chi connectivity index (χ1) is 19.1. The molecule has 0 saturated heterocycles. The van der Waals surface area contributed by atoms with Gasteiger partial charge < -0.3 is 14.8 Å². The summed E-state index contributed by atoms with van der Waals surface area (Å²) in [7, 11) is 1.67. The molecule has 4 aromatic carbocycles.